The molecule has 5 nitrogen and oxygen atoms in total. The molecule has 0 aliphatic heterocycles. The number of hydrogen-bond donors (Lipinski definition) is 2. The summed E-state index contributed by atoms with van der Waals surface area (Å²) in [4.78, 5) is 11.9. The number of hydrogen-bond acceptors (Lipinski definition) is 4. The molecule has 0 aliphatic carbocycles. The monoisotopic (exact) mass is 318 g/mol. The number of amides is 1. The summed E-state index contributed by atoms with van der Waals surface area (Å²) in [5, 5.41) is 5.68. The predicted molar refractivity (Wildman–Crippen MR) is 87.3 cm³/mol. The zero-order valence-corrected chi connectivity index (χ0v) is 12.8. The smallest absolute Gasteiger partial charge is 0.243 e. The Kier molecular flexibility index (Phi) is 6.38. The van der Waals surface area contributed by atoms with Crippen molar-refractivity contribution in [3.63, 3.8) is 0 Å². The van der Waals surface area contributed by atoms with Gasteiger partial charge in [-0.05, 0) is 48.5 Å². The largest absolute Gasteiger partial charge is 0.491 e. The van der Waals surface area contributed by atoms with E-state index < -0.39 is 0 Å². The molecule has 0 bridgehead atoms. The molecule has 0 saturated heterocycles. The van der Waals surface area contributed by atoms with Crippen LogP contribution >= 0.6 is 0 Å². The molecule has 0 unspecified atom stereocenters. The first-order valence-electron chi connectivity index (χ1n) is 7.18. The Labute approximate surface area is 134 Å². The van der Waals surface area contributed by atoms with Gasteiger partial charge in [0.15, 0.2) is 0 Å². The van der Waals surface area contributed by atoms with Crippen molar-refractivity contribution in [1.29, 1.82) is 0 Å². The first kappa shape index (κ1) is 16.8. The average molecular weight is 318 g/mol. The minimum atomic E-state index is -0.312. The van der Waals surface area contributed by atoms with Gasteiger partial charge in [0.25, 0.3) is 0 Å². The SMILES string of the molecule is COCCOc1ccc(NC(=O)CNc2ccc(F)cc2)cc1. The summed E-state index contributed by atoms with van der Waals surface area (Å²) in [6, 6.07) is 12.9. The molecular weight excluding hydrogens is 299 g/mol. The van der Waals surface area contributed by atoms with Crippen LogP contribution in [0.1, 0.15) is 0 Å². The van der Waals surface area contributed by atoms with Crippen LogP contribution in [0.15, 0.2) is 48.5 Å². The van der Waals surface area contributed by atoms with E-state index in [1.165, 1.54) is 12.1 Å². The summed E-state index contributed by atoms with van der Waals surface area (Å²) < 4.78 is 23.1. The number of benzene rings is 2. The lowest BCUT2D eigenvalue weighted by Crippen LogP contribution is -2.21. The normalized spacial score (nSPS) is 10.2. The Morgan fingerprint density at radius 2 is 1.65 bits per heavy atom. The van der Waals surface area contributed by atoms with E-state index in [4.69, 9.17) is 9.47 Å². The second kappa shape index (κ2) is 8.75. The van der Waals surface area contributed by atoms with Gasteiger partial charge in [-0.3, -0.25) is 4.79 Å². The molecule has 0 spiro atoms. The van der Waals surface area contributed by atoms with Crippen molar-refractivity contribution in [3.8, 4) is 5.75 Å². The zero-order chi connectivity index (χ0) is 16.5. The van der Waals surface area contributed by atoms with E-state index in [2.05, 4.69) is 10.6 Å². The van der Waals surface area contributed by atoms with Crippen molar-refractivity contribution in [2.45, 2.75) is 0 Å². The van der Waals surface area contributed by atoms with Gasteiger partial charge in [-0.25, -0.2) is 4.39 Å². The van der Waals surface area contributed by atoms with Crippen LogP contribution in [0.3, 0.4) is 0 Å². The summed E-state index contributed by atoms with van der Waals surface area (Å²) in [6.45, 7) is 1.09. The minimum absolute atomic E-state index is 0.0950. The molecule has 0 aliphatic rings. The lowest BCUT2D eigenvalue weighted by molar-refractivity contribution is -0.114. The molecule has 122 valence electrons. The average Bonchev–Trinajstić information content (AvgIpc) is 2.56. The Balaban J connectivity index is 1.77. The number of nitrogens with one attached hydrogen (secondary N) is 2. The molecule has 6 heteroatoms. The highest BCUT2D eigenvalue weighted by Crippen LogP contribution is 2.15. The highest BCUT2D eigenvalue weighted by atomic mass is 19.1. The number of anilines is 2. The number of rotatable bonds is 8. The highest BCUT2D eigenvalue weighted by molar-refractivity contribution is 5.93. The zero-order valence-electron chi connectivity index (χ0n) is 12.8. The Morgan fingerprint density at radius 3 is 2.30 bits per heavy atom. The molecule has 1 amide bonds. The number of carbonyl (C=O) groups is 1. The number of carbonyl (C=O) groups excluding carboxylic acids is 1. The molecule has 0 heterocycles. The third-order valence-electron chi connectivity index (χ3n) is 2.99. The summed E-state index contributed by atoms with van der Waals surface area (Å²) in [7, 11) is 1.61. The maximum Gasteiger partial charge on any atom is 0.243 e. The van der Waals surface area contributed by atoms with Crippen molar-refractivity contribution in [3.05, 3.63) is 54.3 Å². The van der Waals surface area contributed by atoms with Gasteiger partial charge >= 0.3 is 0 Å². The molecule has 2 rings (SSSR count). The number of halogens is 1. The predicted octanol–water partition coefficient (Wildman–Crippen LogP) is 2.90. The molecule has 0 atom stereocenters. The molecule has 2 N–H and O–H groups in total. The maximum absolute atomic E-state index is 12.8. The topological polar surface area (TPSA) is 59.6 Å². The summed E-state index contributed by atoms with van der Waals surface area (Å²) in [5.74, 6) is 0.208. The third-order valence-corrected chi connectivity index (χ3v) is 2.99. The second-order valence-electron chi connectivity index (χ2n) is 4.77. The fourth-order valence-corrected chi connectivity index (χ4v) is 1.83. The third kappa shape index (κ3) is 5.96. The van der Waals surface area contributed by atoms with Crippen molar-refractivity contribution in [1.82, 2.24) is 0 Å². The van der Waals surface area contributed by atoms with Gasteiger partial charge < -0.3 is 20.1 Å². The molecule has 0 saturated carbocycles. The fourth-order valence-electron chi connectivity index (χ4n) is 1.83. The molecule has 2 aromatic rings. The highest BCUT2D eigenvalue weighted by Gasteiger charge is 2.03. The van der Waals surface area contributed by atoms with Gasteiger partial charge in [-0.1, -0.05) is 0 Å². The van der Waals surface area contributed by atoms with E-state index in [0.717, 1.165) is 0 Å². The van der Waals surface area contributed by atoms with Crippen LogP contribution in [0.2, 0.25) is 0 Å². The van der Waals surface area contributed by atoms with Crippen LogP contribution in [-0.2, 0) is 9.53 Å². The van der Waals surface area contributed by atoms with E-state index in [1.54, 1.807) is 43.5 Å². The lowest BCUT2D eigenvalue weighted by Gasteiger charge is -2.09. The summed E-state index contributed by atoms with van der Waals surface area (Å²) >= 11 is 0. The van der Waals surface area contributed by atoms with Gasteiger partial charge in [0.05, 0.1) is 13.2 Å². The lowest BCUT2D eigenvalue weighted by atomic mass is 10.3. The molecule has 0 fully saturated rings. The van der Waals surface area contributed by atoms with Gasteiger partial charge in [0, 0.05) is 18.5 Å². The first-order chi connectivity index (χ1) is 11.2. The standard InChI is InChI=1S/C17H19FN2O3/c1-22-10-11-23-16-8-6-15(7-9-16)20-17(21)12-19-14-4-2-13(18)3-5-14/h2-9,19H,10-12H2,1H3,(H,20,21). The van der Waals surface area contributed by atoms with Crippen molar-refractivity contribution >= 4 is 17.3 Å². The van der Waals surface area contributed by atoms with E-state index >= 15 is 0 Å². The van der Waals surface area contributed by atoms with Crippen LogP contribution in [0.25, 0.3) is 0 Å². The number of methoxy groups -OCH3 is 1. The van der Waals surface area contributed by atoms with E-state index in [0.29, 0.717) is 30.3 Å². The molecule has 23 heavy (non-hydrogen) atoms. The van der Waals surface area contributed by atoms with E-state index in [9.17, 15) is 9.18 Å². The van der Waals surface area contributed by atoms with E-state index in [1.807, 2.05) is 0 Å². The van der Waals surface area contributed by atoms with Gasteiger partial charge in [0.2, 0.25) is 5.91 Å². The summed E-state index contributed by atoms with van der Waals surface area (Å²) in [5.41, 5.74) is 1.36. The number of ether oxygens (including phenoxy) is 2. The Morgan fingerprint density at radius 1 is 1.00 bits per heavy atom. The Bertz CT molecular complexity index is 615. The van der Waals surface area contributed by atoms with Crippen LogP contribution in [0, 0.1) is 5.82 Å². The van der Waals surface area contributed by atoms with Gasteiger partial charge in [-0.2, -0.15) is 0 Å². The van der Waals surface area contributed by atoms with Crippen molar-refractivity contribution in [2.75, 3.05) is 37.5 Å². The van der Waals surface area contributed by atoms with E-state index in [-0.39, 0.29) is 18.3 Å². The maximum atomic E-state index is 12.8. The molecule has 0 radical (unpaired) electrons. The molecule has 0 aromatic heterocycles. The molecule has 2 aromatic carbocycles. The van der Waals surface area contributed by atoms with Crippen LogP contribution in [-0.4, -0.2) is 32.8 Å². The Hall–Kier alpha value is -2.60. The minimum Gasteiger partial charge on any atom is -0.491 e. The van der Waals surface area contributed by atoms with Gasteiger partial charge in [0.1, 0.15) is 18.2 Å². The first-order valence-corrected chi connectivity index (χ1v) is 7.18. The van der Waals surface area contributed by atoms with Crippen LogP contribution in [0.4, 0.5) is 15.8 Å². The quantitative estimate of drug-likeness (QED) is 0.735. The second-order valence-corrected chi connectivity index (χ2v) is 4.77. The van der Waals surface area contributed by atoms with Crippen LogP contribution in [0.5, 0.6) is 5.75 Å². The summed E-state index contributed by atoms with van der Waals surface area (Å²) in [6.07, 6.45) is 0. The van der Waals surface area contributed by atoms with Crippen molar-refractivity contribution in [2.24, 2.45) is 0 Å². The van der Waals surface area contributed by atoms with Crippen molar-refractivity contribution < 1.29 is 18.7 Å². The van der Waals surface area contributed by atoms with Crippen LogP contribution < -0.4 is 15.4 Å². The molecular formula is C17H19FN2O3. The van der Waals surface area contributed by atoms with Gasteiger partial charge in [-0.15, -0.1) is 0 Å². The fraction of sp³-hybridized carbons (Fsp3) is 0.235.